The van der Waals surface area contributed by atoms with E-state index < -0.39 is 0 Å². The molecule has 1 aromatic heterocycles. The van der Waals surface area contributed by atoms with Crippen LogP contribution in [0.1, 0.15) is 31.6 Å². The Morgan fingerprint density at radius 3 is 3.08 bits per heavy atom. The number of rotatable bonds is 2. The molecule has 0 bridgehead atoms. The average molecular weight is 294 g/mol. The van der Waals surface area contributed by atoms with Gasteiger partial charge in [0, 0.05) is 29.2 Å². The van der Waals surface area contributed by atoms with Gasteiger partial charge < -0.3 is 9.26 Å². The summed E-state index contributed by atoms with van der Waals surface area (Å²) in [5, 5.41) is 3.77. The second-order valence-electron chi connectivity index (χ2n) is 3.11. The van der Waals surface area contributed by atoms with Crippen molar-refractivity contribution in [2.24, 2.45) is 0 Å². The maximum atomic E-state index is 5.55. The second-order valence-corrected chi connectivity index (χ2v) is 4.08. The lowest BCUT2D eigenvalue weighted by atomic mass is 10.00. The lowest BCUT2D eigenvalue weighted by Crippen LogP contribution is -2.13. The molecule has 0 aliphatic carbocycles. The lowest BCUT2D eigenvalue weighted by molar-refractivity contribution is 0.0953. The summed E-state index contributed by atoms with van der Waals surface area (Å²) in [5.41, 5.74) is 0. The van der Waals surface area contributed by atoms with Crippen molar-refractivity contribution in [3.63, 3.8) is 0 Å². The molecule has 0 amide bonds. The predicted octanol–water partition coefficient (Wildman–Crippen LogP) is 1.96. The minimum atomic E-state index is 0.260. The number of halogens is 1. The Morgan fingerprint density at radius 2 is 2.46 bits per heavy atom. The van der Waals surface area contributed by atoms with Crippen molar-refractivity contribution in [3.05, 3.63) is 9.72 Å². The van der Waals surface area contributed by atoms with Crippen molar-refractivity contribution in [2.45, 2.75) is 31.8 Å². The molecule has 1 saturated heterocycles. The highest BCUT2D eigenvalue weighted by Crippen LogP contribution is 2.31. The molecule has 72 valence electrons. The molecular formula is C8H11IN2O2. The monoisotopic (exact) mass is 294 g/mol. The summed E-state index contributed by atoms with van der Waals surface area (Å²) in [6.45, 7) is 2.92. The minimum Gasteiger partial charge on any atom is -0.377 e. The summed E-state index contributed by atoms with van der Waals surface area (Å²) in [4.78, 5) is 4.22. The number of nitrogens with zero attached hydrogens (tertiary/aromatic N) is 2. The first kappa shape index (κ1) is 9.39. The number of hydrogen-bond donors (Lipinski definition) is 0. The maximum absolute atomic E-state index is 5.55. The van der Waals surface area contributed by atoms with E-state index in [-0.39, 0.29) is 6.10 Å². The summed E-state index contributed by atoms with van der Waals surface area (Å²) in [6.07, 6.45) is 2.26. The van der Waals surface area contributed by atoms with Crippen molar-refractivity contribution < 1.29 is 9.26 Å². The maximum Gasteiger partial charge on any atom is 0.233 e. The first-order valence-electron chi connectivity index (χ1n) is 4.42. The molecule has 0 aromatic carbocycles. The van der Waals surface area contributed by atoms with Crippen molar-refractivity contribution >= 4 is 22.6 Å². The van der Waals surface area contributed by atoms with E-state index in [0.29, 0.717) is 9.75 Å². The van der Waals surface area contributed by atoms with Crippen LogP contribution in [-0.2, 0) is 4.74 Å². The molecule has 4 nitrogen and oxygen atoms in total. The van der Waals surface area contributed by atoms with E-state index in [9.17, 15) is 0 Å². The Kier molecular flexibility index (Phi) is 2.83. The molecule has 1 fully saturated rings. The summed E-state index contributed by atoms with van der Waals surface area (Å²) in [7, 11) is 0. The van der Waals surface area contributed by atoms with E-state index in [2.05, 4.69) is 17.1 Å². The van der Waals surface area contributed by atoms with Gasteiger partial charge in [-0.2, -0.15) is 4.98 Å². The molecule has 2 unspecified atom stereocenters. The molecule has 2 heterocycles. The predicted molar refractivity (Wildman–Crippen MR) is 54.4 cm³/mol. The highest BCUT2D eigenvalue weighted by atomic mass is 127. The van der Waals surface area contributed by atoms with Gasteiger partial charge in [0.2, 0.25) is 9.72 Å². The molecule has 5 heteroatoms. The summed E-state index contributed by atoms with van der Waals surface area (Å²) < 4.78 is 11.4. The van der Waals surface area contributed by atoms with Crippen LogP contribution in [0.4, 0.5) is 0 Å². The third-order valence-electron chi connectivity index (χ3n) is 2.35. The quantitative estimate of drug-likeness (QED) is 0.782. The van der Waals surface area contributed by atoms with E-state index in [1.165, 1.54) is 0 Å². The van der Waals surface area contributed by atoms with Crippen LogP contribution in [-0.4, -0.2) is 22.9 Å². The van der Waals surface area contributed by atoms with Gasteiger partial charge in [-0.25, -0.2) is 0 Å². The van der Waals surface area contributed by atoms with Crippen LogP contribution < -0.4 is 0 Å². The highest BCUT2D eigenvalue weighted by Gasteiger charge is 2.32. The van der Waals surface area contributed by atoms with Crippen LogP contribution in [0, 0.1) is 3.83 Å². The molecule has 1 aliphatic heterocycles. The van der Waals surface area contributed by atoms with E-state index in [1.807, 2.05) is 22.6 Å². The highest BCUT2D eigenvalue weighted by molar-refractivity contribution is 14.1. The standard InChI is InChI=1S/C8H11IN2O2/c1-2-6-5(3-4-12-6)7-10-8(9)11-13-7/h5-6H,2-4H2,1H3. The van der Waals surface area contributed by atoms with E-state index in [0.717, 1.165) is 25.3 Å². The van der Waals surface area contributed by atoms with Crippen LogP contribution in [0.3, 0.4) is 0 Å². The van der Waals surface area contributed by atoms with Crippen LogP contribution >= 0.6 is 22.6 Å². The molecule has 13 heavy (non-hydrogen) atoms. The fourth-order valence-electron chi connectivity index (χ4n) is 1.70. The van der Waals surface area contributed by atoms with Gasteiger partial charge in [-0.3, -0.25) is 0 Å². The van der Waals surface area contributed by atoms with Crippen molar-refractivity contribution in [1.82, 2.24) is 10.1 Å². The van der Waals surface area contributed by atoms with Gasteiger partial charge in [-0.15, -0.1) is 0 Å². The molecule has 0 radical (unpaired) electrons. The average Bonchev–Trinajstić information content (AvgIpc) is 2.71. The fraction of sp³-hybridized carbons (Fsp3) is 0.750. The molecular weight excluding hydrogens is 283 g/mol. The molecule has 0 spiro atoms. The van der Waals surface area contributed by atoms with Crippen LogP contribution in [0.15, 0.2) is 4.52 Å². The Labute approximate surface area is 90.2 Å². The van der Waals surface area contributed by atoms with Crippen LogP contribution in [0.2, 0.25) is 0 Å². The Morgan fingerprint density at radius 1 is 1.62 bits per heavy atom. The largest absolute Gasteiger partial charge is 0.377 e. The fourth-order valence-corrected chi connectivity index (χ4v) is 2.04. The molecule has 0 N–H and O–H groups in total. The molecule has 0 saturated carbocycles. The van der Waals surface area contributed by atoms with E-state index in [4.69, 9.17) is 9.26 Å². The minimum absolute atomic E-state index is 0.260. The zero-order chi connectivity index (χ0) is 9.26. The van der Waals surface area contributed by atoms with Gasteiger partial charge in [0.05, 0.1) is 12.0 Å². The Bertz CT molecular complexity index is 289. The summed E-state index contributed by atoms with van der Waals surface area (Å²) in [5.74, 6) is 1.04. The normalized spacial score (nSPS) is 28.2. The third kappa shape index (κ3) is 1.85. The second kappa shape index (κ2) is 3.91. The smallest absolute Gasteiger partial charge is 0.233 e. The van der Waals surface area contributed by atoms with Crippen LogP contribution in [0.5, 0.6) is 0 Å². The van der Waals surface area contributed by atoms with Gasteiger partial charge >= 0.3 is 0 Å². The summed E-state index contributed by atoms with van der Waals surface area (Å²) >= 11 is 2.05. The SMILES string of the molecule is CCC1OCCC1c1nc(I)no1. The first-order valence-corrected chi connectivity index (χ1v) is 5.50. The zero-order valence-electron chi connectivity index (χ0n) is 7.36. The van der Waals surface area contributed by atoms with E-state index >= 15 is 0 Å². The Hall–Kier alpha value is -0.170. The van der Waals surface area contributed by atoms with Crippen molar-refractivity contribution in [2.75, 3.05) is 6.61 Å². The van der Waals surface area contributed by atoms with Crippen molar-refractivity contribution in [1.29, 1.82) is 0 Å². The van der Waals surface area contributed by atoms with Gasteiger partial charge in [-0.1, -0.05) is 12.1 Å². The summed E-state index contributed by atoms with van der Waals surface area (Å²) in [6, 6.07) is 0. The zero-order valence-corrected chi connectivity index (χ0v) is 9.52. The van der Waals surface area contributed by atoms with Gasteiger partial charge in [0.25, 0.3) is 0 Å². The van der Waals surface area contributed by atoms with Gasteiger partial charge in [0.1, 0.15) is 0 Å². The third-order valence-corrected chi connectivity index (χ3v) is 2.78. The molecule has 2 atom stereocenters. The molecule has 1 aliphatic rings. The van der Waals surface area contributed by atoms with Gasteiger partial charge in [-0.05, 0) is 12.8 Å². The van der Waals surface area contributed by atoms with Crippen molar-refractivity contribution in [3.8, 4) is 0 Å². The number of hydrogen-bond acceptors (Lipinski definition) is 4. The van der Waals surface area contributed by atoms with Gasteiger partial charge in [0.15, 0.2) is 0 Å². The topological polar surface area (TPSA) is 48.2 Å². The first-order chi connectivity index (χ1) is 6.31. The van der Waals surface area contributed by atoms with Crippen LogP contribution in [0.25, 0.3) is 0 Å². The number of ether oxygens (including phenoxy) is 1. The molecule has 2 rings (SSSR count). The lowest BCUT2D eigenvalue weighted by Gasteiger charge is -2.11. The Balaban J connectivity index is 2.15. The number of aromatic nitrogens is 2. The molecule has 1 aromatic rings. The van der Waals surface area contributed by atoms with E-state index in [1.54, 1.807) is 0 Å².